The van der Waals surface area contributed by atoms with E-state index in [1.165, 1.54) is 24.3 Å². The molecule has 1 aromatic rings. The van der Waals surface area contributed by atoms with E-state index in [-0.39, 0.29) is 25.4 Å². The number of alkyl halides is 8. The van der Waals surface area contributed by atoms with Gasteiger partial charge in [0.25, 0.3) is 0 Å². The van der Waals surface area contributed by atoms with E-state index < -0.39 is 69.4 Å². The Morgan fingerprint density at radius 3 is 2.11 bits per heavy atom. The Labute approximate surface area is 206 Å². The summed E-state index contributed by atoms with van der Waals surface area (Å²) < 4.78 is 117. The number of amides is 1. The molecule has 1 rings (SSSR count). The third-order valence-corrected chi connectivity index (χ3v) is 4.42. The zero-order valence-corrected chi connectivity index (χ0v) is 19.4. The number of halogens is 8. The molecule has 0 spiro atoms. The van der Waals surface area contributed by atoms with E-state index in [0.717, 1.165) is 0 Å². The maximum Gasteiger partial charge on any atom is 0.482 e. The summed E-state index contributed by atoms with van der Waals surface area (Å²) >= 11 is 0. The van der Waals surface area contributed by atoms with Crippen LogP contribution in [-0.4, -0.2) is 86.2 Å². The van der Waals surface area contributed by atoms with Crippen molar-refractivity contribution in [1.82, 2.24) is 4.90 Å². The molecule has 37 heavy (non-hydrogen) atoms. The maximum atomic E-state index is 12.8. The second kappa shape index (κ2) is 14.2. The van der Waals surface area contributed by atoms with E-state index in [1.807, 2.05) is 0 Å². The number of carboxylic acids is 1. The number of aliphatic carboxylic acids is 1. The van der Waals surface area contributed by atoms with E-state index in [9.17, 15) is 44.7 Å². The van der Waals surface area contributed by atoms with E-state index in [4.69, 9.17) is 14.6 Å². The first-order valence-corrected chi connectivity index (χ1v) is 10.7. The summed E-state index contributed by atoms with van der Waals surface area (Å²) in [5.41, 5.74) is 0.598. The maximum absolute atomic E-state index is 12.8. The fraction of sp³-hybridized carbons (Fsp3) is 0.619. The first-order valence-electron chi connectivity index (χ1n) is 10.7. The number of hydrogen-bond acceptors (Lipinski definition) is 6. The number of benzene rings is 1. The van der Waals surface area contributed by atoms with Crippen molar-refractivity contribution in [1.29, 1.82) is 0 Å². The number of carbonyl (C=O) groups is 2. The Kier molecular flexibility index (Phi) is 12.3. The molecule has 0 aliphatic carbocycles. The second-order valence-electron chi connectivity index (χ2n) is 7.35. The van der Waals surface area contributed by atoms with Crippen LogP contribution in [0.25, 0.3) is 0 Å². The highest BCUT2D eigenvalue weighted by molar-refractivity contribution is 5.72. The van der Waals surface area contributed by atoms with E-state index in [1.54, 1.807) is 6.92 Å². The Balaban J connectivity index is 2.67. The molecule has 1 unspecified atom stereocenters. The molecule has 0 heterocycles. The molecule has 0 fully saturated rings. The van der Waals surface area contributed by atoms with Gasteiger partial charge in [0.2, 0.25) is 0 Å². The van der Waals surface area contributed by atoms with Gasteiger partial charge in [-0.2, -0.15) is 35.1 Å². The van der Waals surface area contributed by atoms with Crippen LogP contribution in [0.3, 0.4) is 0 Å². The van der Waals surface area contributed by atoms with Crippen LogP contribution in [0.2, 0.25) is 0 Å². The molecule has 1 aromatic carbocycles. The summed E-state index contributed by atoms with van der Waals surface area (Å²) in [4.78, 5) is 23.8. The topological polar surface area (TPSA) is 94.5 Å². The fourth-order valence-corrected chi connectivity index (χ4v) is 2.70. The molecular formula is C21H25F8NO7. The number of carboxylic acid groups (broad SMARTS) is 1. The van der Waals surface area contributed by atoms with Crippen LogP contribution >= 0.6 is 0 Å². The molecule has 212 valence electrons. The Morgan fingerprint density at radius 1 is 0.973 bits per heavy atom. The summed E-state index contributed by atoms with van der Waals surface area (Å²) in [6.45, 7) is -2.54. The monoisotopic (exact) mass is 555 g/mol. The van der Waals surface area contributed by atoms with Crippen LogP contribution in [0, 0.1) is 0 Å². The fourth-order valence-electron chi connectivity index (χ4n) is 2.70. The Hall–Kier alpha value is -2.88. The molecule has 1 amide bonds. The van der Waals surface area contributed by atoms with Gasteiger partial charge in [0.15, 0.2) is 12.7 Å². The number of ether oxygens (including phenoxy) is 4. The second-order valence-corrected chi connectivity index (χ2v) is 7.35. The van der Waals surface area contributed by atoms with Gasteiger partial charge in [-0.05, 0) is 31.0 Å². The average molecular weight is 555 g/mol. The summed E-state index contributed by atoms with van der Waals surface area (Å²) in [6.07, 6.45) is -19.3. The van der Waals surface area contributed by atoms with Crippen molar-refractivity contribution in [3.8, 4) is 5.75 Å². The summed E-state index contributed by atoms with van der Waals surface area (Å²) in [6, 6.07) is 5.99. The first kappa shape index (κ1) is 32.1. The van der Waals surface area contributed by atoms with Crippen LogP contribution < -0.4 is 4.74 Å². The normalized spacial score (nSPS) is 13.2. The van der Waals surface area contributed by atoms with E-state index in [2.05, 4.69) is 9.47 Å². The number of nitrogens with zero attached hydrogens (tertiary/aromatic N) is 1. The van der Waals surface area contributed by atoms with E-state index in [0.29, 0.717) is 10.5 Å². The third-order valence-electron chi connectivity index (χ3n) is 4.42. The lowest BCUT2D eigenvalue weighted by Gasteiger charge is -2.24. The lowest BCUT2D eigenvalue weighted by molar-refractivity contribution is -0.391. The molecule has 0 saturated heterocycles. The van der Waals surface area contributed by atoms with E-state index >= 15 is 0 Å². The van der Waals surface area contributed by atoms with Crippen molar-refractivity contribution < 1.29 is 68.8 Å². The predicted molar refractivity (Wildman–Crippen MR) is 109 cm³/mol. The number of hydrogen-bond donors (Lipinski definition) is 1. The summed E-state index contributed by atoms with van der Waals surface area (Å²) in [7, 11) is 0. The lowest BCUT2D eigenvalue weighted by Crippen LogP contribution is -2.41. The zero-order valence-electron chi connectivity index (χ0n) is 19.4. The van der Waals surface area contributed by atoms with Crippen molar-refractivity contribution in [2.45, 2.75) is 44.3 Å². The van der Waals surface area contributed by atoms with Gasteiger partial charge >= 0.3 is 30.5 Å². The van der Waals surface area contributed by atoms with Crippen molar-refractivity contribution in [3.05, 3.63) is 29.8 Å². The van der Waals surface area contributed by atoms with Crippen LogP contribution in [-0.2, 0) is 25.4 Å². The van der Waals surface area contributed by atoms with Gasteiger partial charge < -0.3 is 29.0 Å². The quantitative estimate of drug-likeness (QED) is 0.249. The molecule has 0 aliphatic rings. The first-order chi connectivity index (χ1) is 17.1. The van der Waals surface area contributed by atoms with Crippen molar-refractivity contribution in [2.24, 2.45) is 0 Å². The highest BCUT2D eigenvalue weighted by Gasteiger charge is 2.59. The largest absolute Gasteiger partial charge is 0.492 e. The van der Waals surface area contributed by atoms with Gasteiger partial charge in [-0.25, -0.2) is 9.59 Å². The number of rotatable bonds is 15. The Bertz CT molecular complexity index is 847. The smallest absolute Gasteiger partial charge is 0.482 e. The van der Waals surface area contributed by atoms with Gasteiger partial charge in [-0.15, -0.1) is 0 Å². The minimum absolute atomic E-state index is 0.0672. The Morgan fingerprint density at radius 2 is 1.59 bits per heavy atom. The van der Waals surface area contributed by atoms with Crippen molar-refractivity contribution in [3.63, 3.8) is 0 Å². The average Bonchev–Trinajstić information content (AvgIpc) is 2.78. The molecule has 0 aliphatic heterocycles. The van der Waals surface area contributed by atoms with Crippen molar-refractivity contribution >= 4 is 12.1 Å². The van der Waals surface area contributed by atoms with Gasteiger partial charge in [0, 0.05) is 19.6 Å². The van der Waals surface area contributed by atoms with Crippen LogP contribution in [0.5, 0.6) is 5.75 Å². The molecule has 0 saturated carbocycles. The number of carbonyl (C=O) groups excluding carboxylic acids is 1. The molecule has 8 nitrogen and oxygen atoms in total. The minimum atomic E-state index is -5.96. The summed E-state index contributed by atoms with van der Waals surface area (Å²) in [5.74, 6) is -0.906. The predicted octanol–water partition coefficient (Wildman–Crippen LogP) is 4.66. The van der Waals surface area contributed by atoms with Gasteiger partial charge in [-0.3, -0.25) is 0 Å². The minimum Gasteiger partial charge on any atom is -0.492 e. The SMILES string of the molecule is CCOC(Cc1ccc(OCCN(CCCOC(F)(F)C(F)(F)F)C(=O)OCC(F)(F)F)cc1)C(=O)O. The third kappa shape index (κ3) is 12.3. The zero-order chi connectivity index (χ0) is 28.3. The van der Waals surface area contributed by atoms with Crippen LogP contribution in [0.15, 0.2) is 24.3 Å². The van der Waals surface area contributed by atoms with Gasteiger partial charge in [-0.1, -0.05) is 12.1 Å². The highest BCUT2D eigenvalue weighted by atomic mass is 19.4. The highest BCUT2D eigenvalue weighted by Crippen LogP contribution is 2.36. The van der Waals surface area contributed by atoms with Gasteiger partial charge in [0.1, 0.15) is 12.4 Å². The van der Waals surface area contributed by atoms with Gasteiger partial charge in [0.05, 0.1) is 13.2 Å². The molecule has 1 N–H and O–H groups in total. The molecular weight excluding hydrogens is 530 g/mol. The summed E-state index contributed by atoms with van der Waals surface area (Å²) in [5, 5.41) is 9.12. The van der Waals surface area contributed by atoms with Crippen molar-refractivity contribution in [2.75, 3.05) is 39.5 Å². The lowest BCUT2D eigenvalue weighted by atomic mass is 10.1. The van der Waals surface area contributed by atoms with Crippen LogP contribution in [0.1, 0.15) is 18.9 Å². The van der Waals surface area contributed by atoms with Crippen LogP contribution in [0.4, 0.5) is 39.9 Å². The molecule has 0 aromatic heterocycles. The molecule has 16 heteroatoms. The molecule has 1 atom stereocenters. The molecule has 0 radical (unpaired) electrons. The molecule has 0 bridgehead atoms. The standard InChI is InChI=1S/C21H25F8NO7/c1-2-34-16(17(31)32)12-14-4-6-15(7-5-14)35-11-9-30(18(33)36-13-19(22,23)24)8-3-10-37-21(28,29)20(25,26)27/h4-7,16H,2-3,8-13H2,1H3,(H,31,32).